The van der Waals surface area contributed by atoms with Gasteiger partial charge in [0.25, 0.3) is 0 Å². The minimum atomic E-state index is -1.04. The SMILES string of the molecule is C=CCn1nc(C(=O)O)cc1-c1ccc(OC)cc1. The number of nitrogens with zero attached hydrogens (tertiary/aromatic N) is 2. The molecule has 19 heavy (non-hydrogen) atoms. The number of carboxylic acid groups (broad SMARTS) is 1. The molecule has 0 saturated heterocycles. The second kappa shape index (κ2) is 5.39. The average molecular weight is 258 g/mol. The molecule has 0 unspecified atom stereocenters. The zero-order valence-corrected chi connectivity index (χ0v) is 10.5. The summed E-state index contributed by atoms with van der Waals surface area (Å²) in [6.45, 7) is 4.10. The van der Waals surface area contributed by atoms with Gasteiger partial charge >= 0.3 is 5.97 Å². The van der Waals surface area contributed by atoms with Gasteiger partial charge in [0.2, 0.25) is 0 Å². The molecule has 0 atom stereocenters. The molecule has 0 amide bonds. The van der Waals surface area contributed by atoms with E-state index in [2.05, 4.69) is 11.7 Å². The lowest BCUT2D eigenvalue weighted by molar-refractivity contribution is 0.0689. The molecule has 0 radical (unpaired) electrons. The van der Waals surface area contributed by atoms with E-state index in [0.29, 0.717) is 6.54 Å². The molecule has 0 aliphatic heterocycles. The van der Waals surface area contributed by atoms with Gasteiger partial charge in [0.1, 0.15) is 5.75 Å². The van der Waals surface area contributed by atoms with Crippen molar-refractivity contribution in [2.45, 2.75) is 6.54 Å². The monoisotopic (exact) mass is 258 g/mol. The van der Waals surface area contributed by atoms with Gasteiger partial charge in [0.05, 0.1) is 19.3 Å². The fourth-order valence-electron chi connectivity index (χ4n) is 1.78. The number of carbonyl (C=O) groups is 1. The summed E-state index contributed by atoms with van der Waals surface area (Å²) in [6, 6.07) is 8.91. The van der Waals surface area contributed by atoms with E-state index in [1.807, 2.05) is 24.3 Å². The van der Waals surface area contributed by atoms with Crippen LogP contribution in [0.5, 0.6) is 5.75 Å². The molecule has 5 heteroatoms. The lowest BCUT2D eigenvalue weighted by Gasteiger charge is -2.05. The summed E-state index contributed by atoms with van der Waals surface area (Å²) in [5.41, 5.74) is 1.63. The second-order valence-electron chi connectivity index (χ2n) is 3.92. The number of carboxylic acids is 1. The number of aromatic carboxylic acids is 1. The molecule has 98 valence electrons. The maximum Gasteiger partial charge on any atom is 0.356 e. The van der Waals surface area contributed by atoms with Crippen molar-refractivity contribution >= 4 is 5.97 Å². The Bertz CT molecular complexity index is 600. The van der Waals surface area contributed by atoms with Crippen molar-refractivity contribution in [3.8, 4) is 17.0 Å². The topological polar surface area (TPSA) is 64.4 Å². The molecule has 2 rings (SSSR count). The van der Waals surface area contributed by atoms with Gasteiger partial charge in [-0.15, -0.1) is 6.58 Å². The normalized spacial score (nSPS) is 10.2. The lowest BCUT2D eigenvalue weighted by atomic mass is 10.1. The summed E-state index contributed by atoms with van der Waals surface area (Å²) >= 11 is 0. The Hall–Kier alpha value is -2.56. The number of rotatable bonds is 5. The van der Waals surface area contributed by atoms with Crippen LogP contribution in [0.2, 0.25) is 0 Å². The first-order valence-corrected chi connectivity index (χ1v) is 5.72. The third-order valence-corrected chi connectivity index (χ3v) is 2.69. The summed E-state index contributed by atoms with van der Waals surface area (Å²) in [4.78, 5) is 11.0. The smallest absolute Gasteiger partial charge is 0.356 e. The number of methoxy groups -OCH3 is 1. The van der Waals surface area contributed by atoms with E-state index in [4.69, 9.17) is 9.84 Å². The van der Waals surface area contributed by atoms with Crippen molar-refractivity contribution in [1.82, 2.24) is 9.78 Å². The van der Waals surface area contributed by atoms with Crippen LogP contribution in [-0.4, -0.2) is 28.0 Å². The Balaban J connectivity index is 2.46. The van der Waals surface area contributed by atoms with E-state index in [-0.39, 0.29) is 5.69 Å². The van der Waals surface area contributed by atoms with E-state index in [1.165, 1.54) is 0 Å². The Kier molecular flexibility index (Phi) is 3.66. The van der Waals surface area contributed by atoms with E-state index in [9.17, 15) is 4.79 Å². The molecule has 0 bridgehead atoms. The van der Waals surface area contributed by atoms with Gasteiger partial charge in [0, 0.05) is 5.56 Å². The quantitative estimate of drug-likeness (QED) is 0.836. The van der Waals surface area contributed by atoms with Crippen LogP contribution in [-0.2, 0) is 6.54 Å². The second-order valence-corrected chi connectivity index (χ2v) is 3.92. The van der Waals surface area contributed by atoms with Crippen molar-refractivity contribution in [2.75, 3.05) is 7.11 Å². The number of hydrogen-bond acceptors (Lipinski definition) is 3. The zero-order valence-electron chi connectivity index (χ0n) is 10.5. The fraction of sp³-hybridized carbons (Fsp3) is 0.143. The Labute approximate surface area is 110 Å². The predicted octanol–water partition coefficient (Wildman–Crippen LogP) is 2.44. The van der Waals surface area contributed by atoms with Crippen LogP contribution in [0.15, 0.2) is 43.0 Å². The minimum absolute atomic E-state index is 0.0210. The lowest BCUT2D eigenvalue weighted by Crippen LogP contribution is -2.03. The number of hydrogen-bond donors (Lipinski definition) is 1. The first kappa shape index (κ1) is 12.9. The van der Waals surface area contributed by atoms with Crippen molar-refractivity contribution in [1.29, 1.82) is 0 Å². The first-order chi connectivity index (χ1) is 9.15. The number of allylic oxidation sites excluding steroid dienone is 1. The molecular weight excluding hydrogens is 244 g/mol. The molecule has 0 saturated carbocycles. The molecule has 0 aliphatic rings. The van der Waals surface area contributed by atoms with Gasteiger partial charge in [-0.05, 0) is 30.3 Å². The minimum Gasteiger partial charge on any atom is -0.497 e. The summed E-state index contributed by atoms with van der Waals surface area (Å²) < 4.78 is 6.70. The molecule has 2 aromatic rings. The molecule has 0 spiro atoms. The summed E-state index contributed by atoms with van der Waals surface area (Å²) in [7, 11) is 1.60. The maximum absolute atomic E-state index is 11.0. The summed E-state index contributed by atoms with van der Waals surface area (Å²) in [6.07, 6.45) is 1.67. The van der Waals surface area contributed by atoms with Gasteiger partial charge in [-0.2, -0.15) is 5.10 Å². The predicted molar refractivity (Wildman–Crippen MR) is 71.4 cm³/mol. The van der Waals surface area contributed by atoms with Crippen LogP contribution in [0.25, 0.3) is 11.3 Å². The Morgan fingerprint density at radius 2 is 2.16 bits per heavy atom. The van der Waals surface area contributed by atoms with Crippen LogP contribution >= 0.6 is 0 Å². The molecule has 1 N–H and O–H groups in total. The molecule has 0 fully saturated rings. The number of aromatic nitrogens is 2. The van der Waals surface area contributed by atoms with Crippen LogP contribution in [0.4, 0.5) is 0 Å². The third-order valence-electron chi connectivity index (χ3n) is 2.69. The highest BCUT2D eigenvalue weighted by atomic mass is 16.5. The van der Waals surface area contributed by atoms with Gasteiger partial charge in [-0.1, -0.05) is 6.08 Å². The largest absolute Gasteiger partial charge is 0.497 e. The van der Waals surface area contributed by atoms with Crippen LogP contribution < -0.4 is 4.74 Å². The van der Waals surface area contributed by atoms with E-state index < -0.39 is 5.97 Å². The fourth-order valence-corrected chi connectivity index (χ4v) is 1.78. The zero-order chi connectivity index (χ0) is 13.8. The highest BCUT2D eigenvalue weighted by molar-refractivity contribution is 5.87. The van der Waals surface area contributed by atoms with E-state index in [0.717, 1.165) is 17.0 Å². The van der Waals surface area contributed by atoms with Crippen molar-refractivity contribution < 1.29 is 14.6 Å². The maximum atomic E-state index is 11.0. The van der Waals surface area contributed by atoms with Crippen LogP contribution in [0.3, 0.4) is 0 Å². The van der Waals surface area contributed by atoms with E-state index >= 15 is 0 Å². The Morgan fingerprint density at radius 3 is 2.68 bits per heavy atom. The highest BCUT2D eigenvalue weighted by Crippen LogP contribution is 2.23. The van der Waals surface area contributed by atoms with Gasteiger partial charge in [-0.25, -0.2) is 4.79 Å². The molecular formula is C14H14N2O3. The third kappa shape index (κ3) is 2.65. The number of ether oxygens (including phenoxy) is 1. The molecule has 1 aromatic heterocycles. The van der Waals surface area contributed by atoms with Crippen LogP contribution in [0.1, 0.15) is 10.5 Å². The summed E-state index contributed by atoms with van der Waals surface area (Å²) in [5.74, 6) is -0.297. The van der Waals surface area contributed by atoms with Gasteiger partial charge in [-0.3, -0.25) is 4.68 Å². The summed E-state index contributed by atoms with van der Waals surface area (Å²) in [5, 5.41) is 13.0. The molecule has 1 heterocycles. The highest BCUT2D eigenvalue weighted by Gasteiger charge is 2.13. The molecule has 5 nitrogen and oxygen atoms in total. The Morgan fingerprint density at radius 1 is 1.47 bits per heavy atom. The number of benzene rings is 1. The van der Waals surface area contributed by atoms with Crippen LogP contribution in [0, 0.1) is 0 Å². The molecule has 0 aliphatic carbocycles. The van der Waals surface area contributed by atoms with Gasteiger partial charge in [0.15, 0.2) is 5.69 Å². The first-order valence-electron chi connectivity index (χ1n) is 5.72. The molecule has 1 aromatic carbocycles. The van der Waals surface area contributed by atoms with Crippen molar-refractivity contribution in [3.05, 3.63) is 48.7 Å². The van der Waals surface area contributed by atoms with Crippen molar-refractivity contribution in [2.24, 2.45) is 0 Å². The van der Waals surface area contributed by atoms with Crippen molar-refractivity contribution in [3.63, 3.8) is 0 Å². The van der Waals surface area contributed by atoms with E-state index in [1.54, 1.807) is 23.9 Å². The average Bonchev–Trinajstić information content (AvgIpc) is 2.84. The van der Waals surface area contributed by atoms with Gasteiger partial charge < -0.3 is 9.84 Å². The standard InChI is InChI=1S/C14H14N2O3/c1-3-8-16-13(9-12(15-16)14(17)18)10-4-6-11(19-2)7-5-10/h3-7,9H,1,8H2,2H3,(H,17,18).